The van der Waals surface area contributed by atoms with E-state index in [-0.39, 0.29) is 28.8 Å². The van der Waals surface area contributed by atoms with Crippen molar-refractivity contribution in [1.82, 2.24) is 4.90 Å². The molecule has 1 heterocycles. The van der Waals surface area contributed by atoms with Gasteiger partial charge in [0.05, 0.1) is 29.7 Å². The minimum Gasteiger partial charge on any atom is -0.493 e. The molecule has 8 heteroatoms. The Balaban J connectivity index is 1.76. The first-order valence-corrected chi connectivity index (χ1v) is 10.9. The predicted octanol–water partition coefficient (Wildman–Crippen LogP) is 4.80. The summed E-state index contributed by atoms with van der Waals surface area (Å²) in [5, 5.41) is 10.2. The molecule has 1 aliphatic carbocycles. The highest BCUT2D eigenvalue weighted by molar-refractivity contribution is 6.32. The number of hydrogen-bond acceptors (Lipinski definition) is 6. The van der Waals surface area contributed by atoms with Gasteiger partial charge in [0.15, 0.2) is 17.3 Å². The number of nitrogens with zero attached hydrogens (tertiary/aromatic N) is 2. The van der Waals surface area contributed by atoms with E-state index in [2.05, 4.69) is 6.07 Å². The van der Waals surface area contributed by atoms with Gasteiger partial charge in [-0.3, -0.25) is 4.79 Å². The van der Waals surface area contributed by atoms with E-state index in [9.17, 15) is 14.4 Å². The normalized spacial score (nSPS) is 18.2. The molecule has 2 aromatic carbocycles. The first kappa shape index (κ1) is 22.7. The van der Waals surface area contributed by atoms with Gasteiger partial charge in [-0.2, -0.15) is 5.26 Å². The number of Topliss-reactive ketones (excluding diaryl/α,β-unsaturated/α-hetero) is 1. The Morgan fingerprint density at radius 2 is 2.09 bits per heavy atom. The molecule has 170 valence electrons. The third-order valence-electron chi connectivity index (χ3n) is 6.03. The van der Waals surface area contributed by atoms with Crippen molar-refractivity contribution in [1.29, 1.82) is 5.26 Å². The zero-order valence-corrected chi connectivity index (χ0v) is 19.1. The summed E-state index contributed by atoms with van der Waals surface area (Å²) in [7, 11) is 3.25. The van der Waals surface area contributed by atoms with Crippen molar-refractivity contribution in [3.05, 3.63) is 81.0 Å². The monoisotopic (exact) mass is 467 g/mol. The van der Waals surface area contributed by atoms with Gasteiger partial charge in [-0.05, 0) is 48.2 Å². The maximum Gasteiger partial charge on any atom is 0.180 e. The summed E-state index contributed by atoms with van der Waals surface area (Å²) >= 11 is 6.58. The molecule has 0 amide bonds. The number of benzene rings is 2. The molecular weight excluding hydrogens is 445 g/mol. The Morgan fingerprint density at radius 1 is 1.30 bits per heavy atom. The lowest BCUT2D eigenvalue weighted by Crippen LogP contribution is -2.36. The second kappa shape index (κ2) is 9.16. The van der Waals surface area contributed by atoms with Gasteiger partial charge in [0.25, 0.3) is 0 Å². The minimum absolute atomic E-state index is 0.00475. The molecule has 6 nitrogen and oxygen atoms in total. The number of rotatable bonds is 5. The van der Waals surface area contributed by atoms with Crippen molar-refractivity contribution >= 4 is 17.4 Å². The highest BCUT2D eigenvalue weighted by Crippen LogP contribution is 2.47. The van der Waals surface area contributed by atoms with Gasteiger partial charge in [-0.1, -0.05) is 23.7 Å². The van der Waals surface area contributed by atoms with E-state index >= 15 is 0 Å². The van der Waals surface area contributed by atoms with Crippen LogP contribution in [0.5, 0.6) is 11.5 Å². The number of allylic oxidation sites excluding steroid dienone is 3. The molecule has 0 saturated carbocycles. The minimum atomic E-state index is -0.641. The number of nitrogens with two attached hydrogens (primary N) is 1. The van der Waals surface area contributed by atoms with Crippen LogP contribution in [0.15, 0.2) is 59.1 Å². The molecule has 2 aliphatic rings. The summed E-state index contributed by atoms with van der Waals surface area (Å²) < 4.78 is 24.9. The van der Waals surface area contributed by atoms with Crippen LogP contribution < -0.4 is 15.2 Å². The SMILES string of the molecule is COc1cc([C@H]2C(C#N)=C(N)N(C)C3=C2C(=O)CCC3)cc(Cl)c1OCc1cccc(F)c1. The van der Waals surface area contributed by atoms with Crippen molar-refractivity contribution < 1.29 is 18.7 Å². The average molecular weight is 468 g/mol. The summed E-state index contributed by atoms with van der Waals surface area (Å²) in [6.45, 7) is 0.0888. The third kappa shape index (κ3) is 4.14. The van der Waals surface area contributed by atoms with Crippen LogP contribution in [0.2, 0.25) is 5.02 Å². The topological polar surface area (TPSA) is 88.6 Å². The number of ketones is 1. The van der Waals surface area contributed by atoms with E-state index in [1.54, 1.807) is 36.2 Å². The van der Waals surface area contributed by atoms with E-state index in [1.807, 2.05) is 0 Å². The van der Waals surface area contributed by atoms with Crippen molar-refractivity contribution in [3.8, 4) is 17.6 Å². The lowest BCUT2D eigenvalue weighted by Gasteiger charge is -2.37. The lowest BCUT2D eigenvalue weighted by molar-refractivity contribution is -0.116. The van der Waals surface area contributed by atoms with Gasteiger partial charge in [0.2, 0.25) is 0 Å². The first-order chi connectivity index (χ1) is 15.8. The summed E-state index contributed by atoms with van der Waals surface area (Å²) in [6.07, 6.45) is 1.86. The molecule has 0 unspecified atom stereocenters. The smallest absolute Gasteiger partial charge is 0.180 e. The molecule has 4 rings (SSSR count). The van der Waals surface area contributed by atoms with Crippen LogP contribution in [-0.4, -0.2) is 24.8 Å². The van der Waals surface area contributed by atoms with Crippen LogP contribution >= 0.6 is 11.6 Å². The molecule has 1 aliphatic heterocycles. The first-order valence-electron chi connectivity index (χ1n) is 10.5. The van der Waals surface area contributed by atoms with Crippen LogP contribution in [0.25, 0.3) is 0 Å². The van der Waals surface area contributed by atoms with E-state index in [4.69, 9.17) is 26.8 Å². The maximum atomic E-state index is 13.5. The number of halogens is 2. The number of ether oxygens (including phenoxy) is 2. The molecular formula is C25H23ClFN3O3. The quantitative estimate of drug-likeness (QED) is 0.679. The van der Waals surface area contributed by atoms with Gasteiger partial charge >= 0.3 is 0 Å². The van der Waals surface area contributed by atoms with Gasteiger partial charge in [0, 0.05) is 24.7 Å². The van der Waals surface area contributed by atoms with Gasteiger partial charge in [-0.25, -0.2) is 4.39 Å². The Hall–Kier alpha value is -3.50. The number of hydrogen-bond donors (Lipinski definition) is 1. The maximum absolute atomic E-state index is 13.5. The second-order valence-corrected chi connectivity index (χ2v) is 8.40. The Bertz CT molecular complexity index is 1230. The fourth-order valence-electron chi connectivity index (χ4n) is 4.42. The lowest BCUT2D eigenvalue weighted by atomic mass is 9.76. The van der Waals surface area contributed by atoms with Crippen LogP contribution in [0, 0.1) is 17.1 Å². The predicted molar refractivity (Wildman–Crippen MR) is 122 cm³/mol. The molecule has 2 aromatic rings. The molecule has 0 aromatic heterocycles. The average Bonchev–Trinajstić information content (AvgIpc) is 2.80. The molecule has 2 N–H and O–H groups in total. The number of methoxy groups -OCH3 is 1. The molecule has 0 fully saturated rings. The van der Waals surface area contributed by atoms with Gasteiger partial charge in [0.1, 0.15) is 18.2 Å². The highest BCUT2D eigenvalue weighted by atomic mass is 35.5. The third-order valence-corrected chi connectivity index (χ3v) is 6.31. The van der Waals surface area contributed by atoms with Gasteiger partial charge in [-0.15, -0.1) is 0 Å². The van der Waals surface area contributed by atoms with E-state index in [1.165, 1.54) is 19.2 Å². The molecule has 0 saturated heterocycles. The molecule has 33 heavy (non-hydrogen) atoms. The largest absolute Gasteiger partial charge is 0.493 e. The second-order valence-electron chi connectivity index (χ2n) is 7.99. The summed E-state index contributed by atoms with van der Waals surface area (Å²) in [5.41, 5.74) is 9.24. The Morgan fingerprint density at radius 3 is 2.79 bits per heavy atom. The standard InChI is InChI=1S/C25H23ClFN3O3/c1-30-19-7-4-8-20(31)23(19)22(17(12-28)25(30)29)15-10-18(26)24(21(11-15)32-2)33-13-14-5-3-6-16(27)9-14/h3,5-6,9-11,22H,4,7-8,13,29H2,1-2H3/t22-/m0/s1. The van der Waals surface area contributed by atoms with Crippen molar-refractivity contribution in [3.63, 3.8) is 0 Å². The van der Waals surface area contributed by atoms with E-state index in [0.717, 1.165) is 12.1 Å². The number of carbonyl (C=O) groups is 1. The highest BCUT2D eigenvalue weighted by Gasteiger charge is 2.39. The number of carbonyl (C=O) groups excluding carboxylic acids is 1. The van der Waals surface area contributed by atoms with E-state index in [0.29, 0.717) is 46.9 Å². The fraction of sp³-hybridized carbons (Fsp3) is 0.280. The van der Waals surface area contributed by atoms with Crippen LogP contribution in [0.4, 0.5) is 4.39 Å². The summed E-state index contributed by atoms with van der Waals surface area (Å²) in [5.74, 6) is -0.0553. The fourth-order valence-corrected chi connectivity index (χ4v) is 4.70. The van der Waals surface area contributed by atoms with E-state index < -0.39 is 5.92 Å². The van der Waals surface area contributed by atoms with Crippen molar-refractivity contribution in [2.75, 3.05) is 14.2 Å². The molecule has 1 atom stereocenters. The zero-order valence-electron chi connectivity index (χ0n) is 18.3. The van der Waals surface area contributed by atoms with Crippen LogP contribution in [0.1, 0.15) is 36.3 Å². The Labute approximate surface area is 196 Å². The molecule has 0 radical (unpaired) electrons. The van der Waals surface area contributed by atoms with Crippen molar-refractivity contribution in [2.24, 2.45) is 5.73 Å². The van der Waals surface area contributed by atoms with Crippen LogP contribution in [-0.2, 0) is 11.4 Å². The zero-order chi connectivity index (χ0) is 23.7. The molecule has 0 spiro atoms. The van der Waals surface area contributed by atoms with Crippen molar-refractivity contribution in [2.45, 2.75) is 31.8 Å². The summed E-state index contributed by atoms with van der Waals surface area (Å²) in [4.78, 5) is 14.7. The molecule has 0 bridgehead atoms. The summed E-state index contributed by atoms with van der Waals surface area (Å²) in [6, 6.07) is 11.6. The van der Waals surface area contributed by atoms with Crippen LogP contribution in [0.3, 0.4) is 0 Å². The number of nitriles is 1. The van der Waals surface area contributed by atoms with Gasteiger partial charge < -0.3 is 20.1 Å². The Kier molecular flexibility index (Phi) is 6.30.